The zero-order valence-electron chi connectivity index (χ0n) is 23.6. The molecule has 9 nitrogen and oxygen atoms in total. The standard InChI is InChI=1S/C33H28IN5O4S/c1-2-42-29-18-22(17-27(34)31(29)43-20-30(40)36-25-9-5-3-6-10-25)19-35-39-32(41)24-15-13-23(14-16-24)28-21-44-33(38-28)37-26-11-7-4-8-12-26/h3-19,21H,2,20H2,1H3,(H,36,40)(H,37,38)(H,39,41)/b35-19+. The molecular formula is C33H28IN5O4S. The Morgan fingerprint density at radius 2 is 1.64 bits per heavy atom. The molecule has 11 heteroatoms. The van der Waals surface area contributed by atoms with Gasteiger partial charge in [0.15, 0.2) is 23.2 Å². The number of nitrogens with zero attached hydrogens (tertiary/aromatic N) is 2. The van der Waals surface area contributed by atoms with Crippen LogP contribution in [0.15, 0.2) is 108 Å². The summed E-state index contributed by atoms with van der Waals surface area (Å²) in [7, 11) is 0. The summed E-state index contributed by atoms with van der Waals surface area (Å²) in [4.78, 5) is 29.7. The summed E-state index contributed by atoms with van der Waals surface area (Å²) >= 11 is 3.63. The molecule has 2 amide bonds. The molecule has 0 aliphatic heterocycles. The Morgan fingerprint density at radius 1 is 0.932 bits per heavy atom. The Bertz CT molecular complexity index is 1750. The number of rotatable bonds is 12. The quantitative estimate of drug-likeness (QED) is 0.0708. The second-order valence-corrected chi connectivity index (χ2v) is 11.3. The van der Waals surface area contributed by atoms with Crippen LogP contribution in [0.3, 0.4) is 0 Å². The lowest BCUT2D eigenvalue weighted by Gasteiger charge is -2.14. The Morgan fingerprint density at radius 3 is 2.34 bits per heavy atom. The minimum absolute atomic E-state index is 0.179. The van der Waals surface area contributed by atoms with Gasteiger partial charge in [-0.3, -0.25) is 9.59 Å². The number of ether oxygens (including phenoxy) is 2. The van der Waals surface area contributed by atoms with Crippen LogP contribution in [0.1, 0.15) is 22.8 Å². The average molecular weight is 718 g/mol. The number of nitrogens with one attached hydrogen (secondary N) is 3. The summed E-state index contributed by atoms with van der Waals surface area (Å²) in [6, 6.07) is 29.8. The first-order valence-electron chi connectivity index (χ1n) is 13.6. The second kappa shape index (κ2) is 15.1. The number of halogens is 1. The second-order valence-electron chi connectivity index (χ2n) is 9.27. The van der Waals surface area contributed by atoms with Crippen LogP contribution >= 0.6 is 33.9 Å². The van der Waals surface area contributed by atoms with E-state index in [4.69, 9.17) is 9.47 Å². The number of hydrogen-bond donors (Lipinski definition) is 3. The molecule has 0 spiro atoms. The molecule has 5 aromatic rings. The van der Waals surface area contributed by atoms with Crippen molar-refractivity contribution in [2.75, 3.05) is 23.8 Å². The average Bonchev–Trinajstić information content (AvgIpc) is 3.50. The van der Waals surface area contributed by atoms with E-state index in [-0.39, 0.29) is 18.4 Å². The van der Waals surface area contributed by atoms with Crippen LogP contribution in [0.25, 0.3) is 11.3 Å². The van der Waals surface area contributed by atoms with Gasteiger partial charge in [-0.25, -0.2) is 10.4 Å². The smallest absolute Gasteiger partial charge is 0.271 e. The van der Waals surface area contributed by atoms with Crippen LogP contribution in [-0.2, 0) is 4.79 Å². The van der Waals surface area contributed by atoms with Gasteiger partial charge in [0.1, 0.15) is 0 Å². The van der Waals surface area contributed by atoms with Crippen molar-refractivity contribution in [3.8, 4) is 22.8 Å². The highest BCUT2D eigenvalue weighted by molar-refractivity contribution is 14.1. The minimum atomic E-state index is -0.346. The molecule has 3 N–H and O–H groups in total. The van der Waals surface area contributed by atoms with Crippen molar-refractivity contribution in [3.63, 3.8) is 0 Å². The van der Waals surface area contributed by atoms with Gasteiger partial charge in [0.2, 0.25) is 0 Å². The molecule has 5 rings (SSSR count). The summed E-state index contributed by atoms with van der Waals surface area (Å²) in [5, 5.41) is 13.0. The number of carbonyl (C=O) groups is 2. The molecule has 0 fully saturated rings. The normalized spacial score (nSPS) is 10.8. The molecule has 0 aliphatic rings. The molecule has 0 radical (unpaired) electrons. The lowest BCUT2D eigenvalue weighted by atomic mass is 10.1. The number of anilines is 3. The van der Waals surface area contributed by atoms with Crippen LogP contribution in [-0.4, -0.2) is 36.2 Å². The Hall–Kier alpha value is -4.75. The van der Waals surface area contributed by atoms with E-state index in [1.54, 1.807) is 30.3 Å². The first-order chi connectivity index (χ1) is 21.5. The van der Waals surface area contributed by atoms with E-state index in [1.807, 2.05) is 79.0 Å². The molecule has 0 aliphatic carbocycles. The molecular weight excluding hydrogens is 689 g/mol. The highest BCUT2D eigenvalue weighted by atomic mass is 127. The van der Waals surface area contributed by atoms with E-state index in [0.717, 1.165) is 25.6 Å². The third-order valence-corrected chi connectivity index (χ3v) is 7.65. The number of aromatic nitrogens is 1. The molecule has 1 aromatic heterocycles. The van der Waals surface area contributed by atoms with E-state index in [0.29, 0.717) is 34.9 Å². The van der Waals surface area contributed by atoms with Crippen molar-refractivity contribution in [1.82, 2.24) is 10.4 Å². The molecule has 0 saturated carbocycles. The van der Waals surface area contributed by atoms with Gasteiger partial charge in [0.25, 0.3) is 11.8 Å². The number of hydrogen-bond acceptors (Lipinski definition) is 8. The summed E-state index contributed by atoms with van der Waals surface area (Å²) in [6.45, 7) is 2.09. The highest BCUT2D eigenvalue weighted by Crippen LogP contribution is 2.34. The maximum absolute atomic E-state index is 12.7. The van der Waals surface area contributed by atoms with Crippen LogP contribution in [0.5, 0.6) is 11.5 Å². The van der Waals surface area contributed by atoms with Crippen molar-refractivity contribution in [2.45, 2.75) is 6.92 Å². The molecule has 1 heterocycles. The summed E-state index contributed by atoms with van der Waals surface area (Å²) in [5.41, 5.74) is 7.11. The first-order valence-corrected chi connectivity index (χ1v) is 15.6. The fourth-order valence-corrected chi connectivity index (χ4v) is 5.57. The number of benzene rings is 4. The first kappa shape index (κ1) is 30.7. The van der Waals surface area contributed by atoms with E-state index >= 15 is 0 Å². The van der Waals surface area contributed by atoms with E-state index < -0.39 is 0 Å². The molecule has 0 bridgehead atoms. The van der Waals surface area contributed by atoms with Gasteiger partial charge in [0.05, 0.1) is 22.1 Å². The van der Waals surface area contributed by atoms with E-state index in [2.05, 4.69) is 48.7 Å². The Balaban J connectivity index is 1.17. The largest absolute Gasteiger partial charge is 0.490 e. The van der Waals surface area contributed by atoms with E-state index in [9.17, 15) is 9.59 Å². The fraction of sp³-hybridized carbons (Fsp3) is 0.0909. The van der Waals surface area contributed by atoms with Crippen LogP contribution < -0.4 is 25.5 Å². The van der Waals surface area contributed by atoms with Crippen molar-refractivity contribution in [3.05, 3.63) is 117 Å². The maximum Gasteiger partial charge on any atom is 0.271 e. The monoisotopic (exact) mass is 717 g/mol. The van der Waals surface area contributed by atoms with Gasteiger partial charge in [0, 0.05) is 27.9 Å². The number of thiazole rings is 1. The van der Waals surface area contributed by atoms with Crippen molar-refractivity contribution in [2.24, 2.45) is 5.10 Å². The van der Waals surface area contributed by atoms with Gasteiger partial charge in [-0.05, 0) is 83.6 Å². The zero-order valence-corrected chi connectivity index (χ0v) is 26.6. The topological polar surface area (TPSA) is 114 Å². The lowest BCUT2D eigenvalue weighted by molar-refractivity contribution is -0.118. The predicted octanol–water partition coefficient (Wildman–Crippen LogP) is 7.34. The fourth-order valence-electron chi connectivity index (χ4n) is 4.05. The third-order valence-electron chi connectivity index (χ3n) is 6.09. The van der Waals surface area contributed by atoms with Gasteiger partial charge >= 0.3 is 0 Å². The molecule has 4 aromatic carbocycles. The van der Waals surface area contributed by atoms with Gasteiger partial charge in [-0.15, -0.1) is 11.3 Å². The lowest BCUT2D eigenvalue weighted by Crippen LogP contribution is -2.20. The number of hydrazone groups is 1. The molecule has 0 saturated heterocycles. The SMILES string of the molecule is CCOc1cc(/C=N/NC(=O)c2ccc(-c3csc(Nc4ccccc4)n3)cc2)cc(I)c1OCC(=O)Nc1ccccc1. The number of amides is 2. The molecule has 222 valence electrons. The minimum Gasteiger partial charge on any atom is -0.490 e. The van der Waals surface area contributed by atoms with Gasteiger partial charge in [-0.2, -0.15) is 5.10 Å². The summed E-state index contributed by atoms with van der Waals surface area (Å²) in [6.07, 6.45) is 1.53. The van der Waals surface area contributed by atoms with Crippen LogP contribution in [0.4, 0.5) is 16.5 Å². The summed E-state index contributed by atoms with van der Waals surface area (Å²) in [5.74, 6) is 0.299. The highest BCUT2D eigenvalue weighted by Gasteiger charge is 2.14. The number of carbonyl (C=O) groups excluding carboxylic acids is 2. The summed E-state index contributed by atoms with van der Waals surface area (Å²) < 4.78 is 12.3. The van der Waals surface area contributed by atoms with Crippen molar-refractivity contribution >= 4 is 68.5 Å². The Labute approximate surface area is 272 Å². The van der Waals surface area contributed by atoms with Gasteiger partial charge in [-0.1, -0.05) is 48.5 Å². The molecule has 0 atom stereocenters. The Kier molecular flexibility index (Phi) is 10.5. The molecule has 0 unspecified atom stereocenters. The third kappa shape index (κ3) is 8.42. The molecule has 44 heavy (non-hydrogen) atoms. The maximum atomic E-state index is 12.7. The van der Waals surface area contributed by atoms with Crippen LogP contribution in [0, 0.1) is 3.57 Å². The predicted molar refractivity (Wildman–Crippen MR) is 183 cm³/mol. The zero-order chi connectivity index (χ0) is 30.7. The van der Waals surface area contributed by atoms with E-state index in [1.165, 1.54) is 17.6 Å². The van der Waals surface area contributed by atoms with Crippen molar-refractivity contribution in [1.29, 1.82) is 0 Å². The number of para-hydroxylation sites is 2. The van der Waals surface area contributed by atoms with Gasteiger partial charge < -0.3 is 20.1 Å². The van der Waals surface area contributed by atoms with Crippen molar-refractivity contribution < 1.29 is 19.1 Å². The van der Waals surface area contributed by atoms with Crippen LogP contribution in [0.2, 0.25) is 0 Å².